The van der Waals surface area contributed by atoms with Crippen molar-refractivity contribution >= 4 is 49.5 Å². The van der Waals surface area contributed by atoms with E-state index in [4.69, 9.17) is 4.98 Å². The Labute approximate surface area is 285 Å². The highest BCUT2D eigenvalue weighted by Gasteiger charge is 2.32. The number of para-hydroxylation sites is 1. The van der Waals surface area contributed by atoms with Gasteiger partial charge in [-0.1, -0.05) is 133 Å². The molecule has 0 saturated heterocycles. The molecule has 2 heteroatoms. The Bertz CT molecular complexity index is 2600. The summed E-state index contributed by atoms with van der Waals surface area (Å²) in [4.78, 5) is 7.12. The lowest BCUT2D eigenvalue weighted by Crippen LogP contribution is -2.11. The molecule has 0 amide bonds. The van der Waals surface area contributed by atoms with Crippen molar-refractivity contribution in [3.05, 3.63) is 182 Å². The summed E-state index contributed by atoms with van der Waals surface area (Å²) in [6.45, 7) is 0. The first-order chi connectivity index (χ1) is 24.4. The van der Waals surface area contributed by atoms with Crippen LogP contribution in [0.2, 0.25) is 0 Å². The maximum absolute atomic E-state index is 4.72. The van der Waals surface area contributed by atoms with Gasteiger partial charge in [0.1, 0.15) is 0 Å². The van der Waals surface area contributed by atoms with Gasteiger partial charge >= 0.3 is 0 Å². The van der Waals surface area contributed by atoms with Crippen molar-refractivity contribution in [2.45, 2.75) is 0 Å². The average molecular weight is 623 g/mol. The lowest BCUT2D eigenvalue weighted by molar-refractivity contribution is 1.30. The second-order valence-corrected chi connectivity index (χ2v) is 12.7. The summed E-state index contributed by atoms with van der Waals surface area (Å²) >= 11 is 0. The van der Waals surface area contributed by atoms with Gasteiger partial charge in [-0.3, -0.25) is 4.98 Å². The molecule has 0 unspecified atom stereocenters. The number of hydrogen-bond donors (Lipinski definition) is 0. The molecule has 0 bridgehead atoms. The van der Waals surface area contributed by atoms with Gasteiger partial charge in [-0.25, -0.2) is 0 Å². The predicted molar refractivity (Wildman–Crippen MR) is 207 cm³/mol. The highest BCUT2D eigenvalue weighted by molar-refractivity contribution is 6.29. The minimum atomic E-state index is 0.978. The monoisotopic (exact) mass is 622 g/mol. The lowest BCUT2D eigenvalue weighted by Gasteiger charge is -2.28. The summed E-state index contributed by atoms with van der Waals surface area (Å²) in [5.74, 6) is 0. The molecule has 1 aliphatic carbocycles. The molecular weight excluding hydrogens is 593 g/mol. The van der Waals surface area contributed by atoms with Gasteiger partial charge in [-0.2, -0.15) is 0 Å². The third-order valence-corrected chi connectivity index (χ3v) is 10.0. The molecule has 49 heavy (non-hydrogen) atoms. The molecule has 9 aromatic rings. The average Bonchev–Trinajstić information content (AvgIpc) is 3.50. The second kappa shape index (κ2) is 11.0. The molecule has 1 aliphatic rings. The number of pyridine rings is 1. The first-order valence-electron chi connectivity index (χ1n) is 16.8. The molecule has 8 aromatic carbocycles. The van der Waals surface area contributed by atoms with E-state index in [9.17, 15) is 0 Å². The van der Waals surface area contributed by atoms with E-state index in [0.29, 0.717) is 0 Å². The van der Waals surface area contributed by atoms with Crippen LogP contribution >= 0.6 is 0 Å². The van der Waals surface area contributed by atoms with Crippen LogP contribution in [0.5, 0.6) is 0 Å². The van der Waals surface area contributed by atoms with Crippen LogP contribution in [-0.2, 0) is 0 Å². The van der Waals surface area contributed by atoms with E-state index >= 15 is 0 Å². The minimum absolute atomic E-state index is 0.978. The van der Waals surface area contributed by atoms with Gasteiger partial charge in [0.05, 0.1) is 16.9 Å². The first kappa shape index (κ1) is 27.6. The molecule has 0 saturated carbocycles. The van der Waals surface area contributed by atoms with Gasteiger partial charge in [0.25, 0.3) is 0 Å². The summed E-state index contributed by atoms with van der Waals surface area (Å²) in [6.07, 6.45) is 1.87. The molecule has 0 N–H and O–H groups in total. The maximum atomic E-state index is 4.72. The van der Waals surface area contributed by atoms with Crippen molar-refractivity contribution in [2.24, 2.45) is 0 Å². The number of rotatable bonds is 5. The van der Waals surface area contributed by atoms with Crippen LogP contribution in [0.15, 0.2) is 182 Å². The Balaban J connectivity index is 1.34. The molecule has 10 rings (SSSR count). The Morgan fingerprint density at radius 1 is 0.347 bits per heavy atom. The molecule has 0 atom stereocenters. The summed E-state index contributed by atoms with van der Waals surface area (Å²) in [6, 6.07) is 63.6. The number of fused-ring (bicyclic) bond motifs is 5. The maximum Gasteiger partial charge on any atom is 0.0723 e. The molecule has 0 fully saturated rings. The summed E-state index contributed by atoms with van der Waals surface area (Å²) < 4.78 is 0. The number of aromatic nitrogens is 1. The van der Waals surface area contributed by atoms with E-state index in [1.165, 1.54) is 66.1 Å². The van der Waals surface area contributed by atoms with Crippen LogP contribution in [0.4, 0.5) is 17.1 Å². The highest BCUT2D eigenvalue weighted by atomic mass is 15.1. The fourth-order valence-electron chi connectivity index (χ4n) is 8.06. The predicted octanol–water partition coefficient (Wildman–Crippen LogP) is 13.0. The van der Waals surface area contributed by atoms with Crippen molar-refractivity contribution in [3.8, 4) is 44.5 Å². The highest BCUT2D eigenvalue weighted by Crippen LogP contribution is 2.59. The van der Waals surface area contributed by atoms with Crippen molar-refractivity contribution in [3.63, 3.8) is 0 Å². The third kappa shape index (κ3) is 4.17. The second-order valence-electron chi connectivity index (χ2n) is 12.7. The van der Waals surface area contributed by atoms with E-state index < -0.39 is 0 Å². The van der Waals surface area contributed by atoms with Gasteiger partial charge in [0.15, 0.2) is 0 Å². The standard InChI is InChI=1S/C47H30N2/c1-4-15-31(16-5-1)43-34-21-10-11-22-35(34)44(32-17-6-2-7-18-32)47-39-28-29-42(37-23-12-24-38(45(37)39)46(43)47)49(33-19-8-3-9-20-33)41-27-13-26-40-36(41)25-14-30-48-40/h1-30H. The number of nitrogens with zero attached hydrogens (tertiary/aromatic N) is 2. The van der Waals surface area contributed by atoms with Gasteiger partial charge in [-0.05, 0) is 103 Å². The van der Waals surface area contributed by atoms with Crippen LogP contribution in [-0.4, -0.2) is 4.98 Å². The van der Waals surface area contributed by atoms with Crippen LogP contribution in [0.25, 0.3) is 77.0 Å². The van der Waals surface area contributed by atoms with Crippen LogP contribution in [0.3, 0.4) is 0 Å². The molecule has 228 valence electrons. The van der Waals surface area contributed by atoms with Gasteiger partial charge in [0, 0.05) is 22.7 Å². The molecular formula is C47H30N2. The molecule has 0 radical (unpaired) electrons. The third-order valence-electron chi connectivity index (χ3n) is 10.0. The van der Waals surface area contributed by atoms with E-state index in [1.54, 1.807) is 0 Å². The van der Waals surface area contributed by atoms with Gasteiger partial charge < -0.3 is 4.90 Å². The van der Waals surface area contributed by atoms with Crippen molar-refractivity contribution in [2.75, 3.05) is 4.90 Å². The number of benzene rings is 8. The lowest BCUT2D eigenvalue weighted by atomic mass is 9.82. The molecule has 0 spiro atoms. The van der Waals surface area contributed by atoms with E-state index in [1.807, 2.05) is 12.3 Å². The minimum Gasteiger partial charge on any atom is -0.309 e. The van der Waals surface area contributed by atoms with Crippen LogP contribution in [0, 0.1) is 0 Å². The van der Waals surface area contributed by atoms with Crippen molar-refractivity contribution in [1.29, 1.82) is 0 Å². The van der Waals surface area contributed by atoms with E-state index in [0.717, 1.165) is 28.0 Å². The SMILES string of the molecule is c1ccc(-c2c3c(c(-c4ccccc4)c4ccccc24)-c2ccc(N(c4ccccc4)c4cccc5ncccc45)c4cccc-3c24)cc1. The normalized spacial score (nSPS) is 11.7. The zero-order valence-corrected chi connectivity index (χ0v) is 26.7. The summed E-state index contributed by atoms with van der Waals surface area (Å²) in [7, 11) is 0. The Morgan fingerprint density at radius 3 is 1.55 bits per heavy atom. The largest absolute Gasteiger partial charge is 0.309 e. The van der Waals surface area contributed by atoms with Crippen molar-refractivity contribution < 1.29 is 0 Å². The fourth-order valence-corrected chi connectivity index (χ4v) is 8.06. The number of hydrogen-bond acceptors (Lipinski definition) is 2. The van der Waals surface area contributed by atoms with Gasteiger partial charge in [0.2, 0.25) is 0 Å². The molecule has 1 aromatic heterocycles. The summed E-state index contributed by atoms with van der Waals surface area (Å²) in [5.41, 5.74) is 14.5. The fraction of sp³-hybridized carbons (Fsp3) is 0. The van der Waals surface area contributed by atoms with Crippen LogP contribution in [0.1, 0.15) is 0 Å². The quantitative estimate of drug-likeness (QED) is 0.190. The Hall–Kier alpha value is -6.51. The Kier molecular flexibility index (Phi) is 6.22. The summed E-state index contributed by atoms with van der Waals surface area (Å²) in [5, 5.41) is 6.16. The molecule has 1 heterocycles. The van der Waals surface area contributed by atoms with Gasteiger partial charge in [-0.15, -0.1) is 0 Å². The Morgan fingerprint density at radius 2 is 0.878 bits per heavy atom. The first-order valence-corrected chi connectivity index (χ1v) is 16.8. The molecule has 2 nitrogen and oxygen atoms in total. The smallest absolute Gasteiger partial charge is 0.0723 e. The van der Waals surface area contributed by atoms with E-state index in [-0.39, 0.29) is 0 Å². The zero-order valence-electron chi connectivity index (χ0n) is 26.7. The van der Waals surface area contributed by atoms with E-state index in [2.05, 4.69) is 175 Å². The van der Waals surface area contributed by atoms with Crippen molar-refractivity contribution in [1.82, 2.24) is 4.98 Å². The van der Waals surface area contributed by atoms with Crippen LogP contribution < -0.4 is 4.90 Å². The number of anilines is 3. The molecule has 0 aliphatic heterocycles. The topological polar surface area (TPSA) is 16.1 Å². The zero-order chi connectivity index (χ0) is 32.3.